The van der Waals surface area contributed by atoms with Gasteiger partial charge < -0.3 is 24.4 Å². The van der Waals surface area contributed by atoms with Crippen LogP contribution in [0, 0.1) is 5.92 Å². The van der Waals surface area contributed by atoms with Gasteiger partial charge in [0.25, 0.3) is 0 Å². The number of halogens is 1. The Hall–Kier alpha value is -1.50. The van der Waals surface area contributed by atoms with E-state index in [1.807, 2.05) is 31.2 Å². The zero-order valence-corrected chi connectivity index (χ0v) is 17.4. The molecule has 1 fully saturated rings. The van der Waals surface area contributed by atoms with Gasteiger partial charge in [-0.2, -0.15) is 0 Å². The number of benzene rings is 1. The molecule has 1 aromatic carbocycles. The van der Waals surface area contributed by atoms with Crippen LogP contribution >= 0.6 is 11.6 Å². The van der Waals surface area contributed by atoms with Crippen molar-refractivity contribution in [3.8, 4) is 5.75 Å². The molecule has 6 nitrogen and oxygen atoms in total. The summed E-state index contributed by atoms with van der Waals surface area (Å²) in [6.07, 6.45) is 1.05. The van der Waals surface area contributed by atoms with E-state index in [1.54, 1.807) is 7.11 Å². The van der Waals surface area contributed by atoms with Gasteiger partial charge in [-0.25, -0.2) is 4.99 Å². The fourth-order valence-electron chi connectivity index (χ4n) is 2.99. The normalized spacial score (nSPS) is 18.6. The molecule has 0 radical (unpaired) electrons. The quantitative estimate of drug-likeness (QED) is 0.373. The number of para-hydroxylation sites is 1. The fourth-order valence-corrected chi connectivity index (χ4v) is 3.17. The summed E-state index contributed by atoms with van der Waals surface area (Å²) in [6, 6.07) is 7.52. The number of rotatable bonds is 10. The Morgan fingerprint density at radius 3 is 2.93 bits per heavy atom. The van der Waals surface area contributed by atoms with E-state index in [9.17, 15) is 0 Å². The summed E-state index contributed by atoms with van der Waals surface area (Å²) in [6.45, 7) is 9.51. The zero-order valence-electron chi connectivity index (χ0n) is 16.6. The van der Waals surface area contributed by atoms with Gasteiger partial charge in [0, 0.05) is 32.7 Å². The minimum Gasteiger partial charge on any atom is -0.487 e. The molecule has 2 unspecified atom stereocenters. The molecule has 27 heavy (non-hydrogen) atoms. The summed E-state index contributed by atoms with van der Waals surface area (Å²) in [5, 5.41) is 4.01. The minimum atomic E-state index is -0.0608. The van der Waals surface area contributed by atoms with Crippen molar-refractivity contribution in [3.05, 3.63) is 29.3 Å². The first-order valence-corrected chi connectivity index (χ1v) is 10.0. The maximum Gasteiger partial charge on any atom is 0.194 e. The van der Waals surface area contributed by atoms with E-state index >= 15 is 0 Å². The number of hydrogen-bond acceptors (Lipinski definition) is 4. The van der Waals surface area contributed by atoms with Crippen LogP contribution in [0.2, 0.25) is 5.02 Å². The highest BCUT2D eigenvalue weighted by Gasteiger charge is 2.25. The Morgan fingerprint density at radius 1 is 1.37 bits per heavy atom. The molecule has 1 heterocycles. The first-order chi connectivity index (χ1) is 13.1. The third kappa shape index (κ3) is 7.56. The Kier molecular flexibility index (Phi) is 9.73. The highest BCUT2D eigenvalue weighted by Crippen LogP contribution is 2.24. The summed E-state index contributed by atoms with van der Waals surface area (Å²) in [7, 11) is 1.69. The van der Waals surface area contributed by atoms with Crippen LogP contribution in [0.3, 0.4) is 0 Å². The molecule has 1 N–H and O–H groups in total. The second-order valence-corrected chi connectivity index (χ2v) is 7.13. The van der Waals surface area contributed by atoms with Gasteiger partial charge in [-0.1, -0.05) is 23.7 Å². The van der Waals surface area contributed by atoms with E-state index in [2.05, 4.69) is 17.1 Å². The molecule has 152 valence electrons. The van der Waals surface area contributed by atoms with Gasteiger partial charge in [-0.3, -0.25) is 0 Å². The van der Waals surface area contributed by atoms with Gasteiger partial charge in [0.2, 0.25) is 0 Å². The molecule has 0 aliphatic carbocycles. The molecule has 0 bridgehead atoms. The lowest BCUT2D eigenvalue weighted by molar-refractivity contribution is 0.0536. The number of guanidine groups is 1. The minimum absolute atomic E-state index is 0.0608. The van der Waals surface area contributed by atoms with Crippen molar-refractivity contribution in [3.63, 3.8) is 0 Å². The van der Waals surface area contributed by atoms with Crippen molar-refractivity contribution in [1.82, 2.24) is 10.2 Å². The maximum absolute atomic E-state index is 6.16. The summed E-state index contributed by atoms with van der Waals surface area (Å²) >= 11 is 6.16. The largest absolute Gasteiger partial charge is 0.487 e. The highest BCUT2D eigenvalue weighted by atomic mass is 35.5. The number of hydrogen-bond donors (Lipinski definition) is 1. The Morgan fingerprint density at radius 2 is 2.19 bits per heavy atom. The molecular formula is C20H32ClN3O3. The molecule has 0 amide bonds. The van der Waals surface area contributed by atoms with E-state index in [0.29, 0.717) is 36.4 Å². The molecule has 0 spiro atoms. The van der Waals surface area contributed by atoms with Crippen LogP contribution in [0.5, 0.6) is 5.75 Å². The number of ether oxygens (including phenoxy) is 3. The van der Waals surface area contributed by atoms with E-state index in [-0.39, 0.29) is 6.10 Å². The Labute approximate surface area is 167 Å². The molecule has 1 aliphatic rings. The standard InChI is InChI=1S/C20H32ClN3O3/c1-4-22-20(24-10-9-17(14-24)15-26-12-11-25-3)23-13-16(2)27-19-8-6-5-7-18(19)21/h5-8,16-17H,4,9-15H2,1-3H3,(H,22,23). The second kappa shape index (κ2) is 12.1. The molecule has 1 saturated heterocycles. The molecule has 2 atom stereocenters. The maximum atomic E-state index is 6.16. The lowest BCUT2D eigenvalue weighted by Gasteiger charge is -2.22. The molecule has 2 rings (SSSR count). The Balaban J connectivity index is 1.84. The van der Waals surface area contributed by atoms with Gasteiger partial charge in [0.15, 0.2) is 5.96 Å². The number of likely N-dealkylation sites (tertiary alicyclic amines) is 1. The third-order valence-electron chi connectivity index (χ3n) is 4.37. The summed E-state index contributed by atoms with van der Waals surface area (Å²) in [4.78, 5) is 7.07. The van der Waals surface area contributed by atoms with Crippen LogP contribution in [-0.2, 0) is 9.47 Å². The van der Waals surface area contributed by atoms with Crippen molar-refractivity contribution in [2.24, 2.45) is 10.9 Å². The van der Waals surface area contributed by atoms with Crippen molar-refractivity contribution in [1.29, 1.82) is 0 Å². The van der Waals surface area contributed by atoms with E-state index < -0.39 is 0 Å². The molecule has 0 saturated carbocycles. The molecular weight excluding hydrogens is 366 g/mol. The van der Waals surface area contributed by atoms with Gasteiger partial charge in [-0.15, -0.1) is 0 Å². The predicted octanol–water partition coefficient (Wildman–Crippen LogP) is 3.06. The average molecular weight is 398 g/mol. The van der Waals surface area contributed by atoms with Gasteiger partial charge in [0.1, 0.15) is 11.9 Å². The third-order valence-corrected chi connectivity index (χ3v) is 4.68. The van der Waals surface area contributed by atoms with Crippen molar-refractivity contribution < 1.29 is 14.2 Å². The van der Waals surface area contributed by atoms with Crippen LogP contribution < -0.4 is 10.1 Å². The monoisotopic (exact) mass is 397 g/mol. The lowest BCUT2D eigenvalue weighted by atomic mass is 10.1. The molecule has 0 aromatic heterocycles. The second-order valence-electron chi connectivity index (χ2n) is 6.72. The van der Waals surface area contributed by atoms with E-state index in [1.165, 1.54) is 0 Å². The predicted molar refractivity (Wildman–Crippen MR) is 110 cm³/mol. The van der Waals surface area contributed by atoms with Crippen molar-refractivity contribution >= 4 is 17.6 Å². The van der Waals surface area contributed by atoms with Gasteiger partial charge >= 0.3 is 0 Å². The van der Waals surface area contributed by atoms with E-state index in [0.717, 1.165) is 38.6 Å². The number of aliphatic imine (C=N–C) groups is 1. The first kappa shape index (κ1) is 21.8. The number of nitrogens with one attached hydrogen (secondary N) is 1. The molecule has 1 aliphatic heterocycles. The molecule has 1 aromatic rings. The van der Waals surface area contributed by atoms with Crippen LogP contribution in [0.4, 0.5) is 0 Å². The van der Waals surface area contributed by atoms with Crippen LogP contribution in [0.1, 0.15) is 20.3 Å². The SMILES string of the molecule is CCNC(=NCC(C)Oc1ccccc1Cl)N1CCC(COCCOC)C1. The van der Waals surface area contributed by atoms with Crippen LogP contribution in [0.15, 0.2) is 29.3 Å². The summed E-state index contributed by atoms with van der Waals surface area (Å²) in [5.41, 5.74) is 0. The topological polar surface area (TPSA) is 55.3 Å². The van der Waals surface area contributed by atoms with Gasteiger partial charge in [0.05, 0.1) is 31.4 Å². The lowest BCUT2D eigenvalue weighted by Crippen LogP contribution is -2.41. The highest BCUT2D eigenvalue weighted by molar-refractivity contribution is 6.32. The van der Waals surface area contributed by atoms with Crippen molar-refractivity contribution in [2.75, 3.05) is 53.1 Å². The average Bonchev–Trinajstić information content (AvgIpc) is 3.13. The number of nitrogens with zero attached hydrogens (tertiary/aromatic N) is 2. The summed E-state index contributed by atoms with van der Waals surface area (Å²) < 4.78 is 16.6. The van der Waals surface area contributed by atoms with Crippen LogP contribution in [0.25, 0.3) is 0 Å². The fraction of sp³-hybridized carbons (Fsp3) is 0.650. The molecule has 7 heteroatoms. The van der Waals surface area contributed by atoms with Crippen LogP contribution in [-0.4, -0.2) is 70.1 Å². The number of methoxy groups -OCH3 is 1. The first-order valence-electron chi connectivity index (χ1n) is 9.65. The Bertz CT molecular complexity index is 585. The summed E-state index contributed by atoms with van der Waals surface area (Å²) in [5.74, 6) is 2.16. The zero-order chi connectivity index (χ0) is 19.5. The smallest absolute Gasteiger partial charge is 0.194 e. The van der Waals surface area contributed by atoms with Gasteiger partial charge in [-0.05, 0) is 32.4 Å². The van der Waals surface area contributed by atoms with Crippen molar-refractivity contribution in [2.45, 2.75) is 26.4 Å². The van der Waals surface area contributed by atoms with E-state index in [4.69, 9.17) is 30.8 Å².